The minimum absolute atomic E-state index is 0.0175. The van der Waals surface area contributed by atoms with E-state index in [0.717, 1.165) is 5.56 Å². The Morgan fingerprint density at radius 2 is 1.76 bits per heavy atom. The largest absolute Gasteiger partial charge is 0.381 e. The average molecular weight is 234 g/mol. The van der Waals surface area contributed by atoms with Gasteiger partial charge in [-0.1, -0.05) is 30.3 Å². The van der Waals surface area contributed by atoms with E-state index in [9.17, 15) is 9.90 Å². The third-order valence-electron chi connectivity index (χ3n) is 3.63. The van der Waals surface area contributed by atoms with Crippen LogP contribution in [0, 0.1) is 0 Å². The first-order chi connectivity index (χ1) is 8.04. The number of amides is 1. The molecular weight excluding hydrogens is 216 g/mol. The molecule has 92 valence electrons. The number of carbonyl (C=O) groups is 1. The smallest absolute Gasteiger partial charge is 0.254 e. The maximum atomic E-state index is 11.9. The van der Waals surface area contributed by atoms with Crippen LogP contribution in [0.5, 0.6) is 0 Å². The van der Waals surface area contributed by atoms with Crippen molar-refractivity contribution in [3.63, 3.8) is 0 Å². The SMILES string of the molecule is C[C@H]1N(C)C(=O)[C@H](O)[C@@H](c2ccccc2)N1C. The van der Waals surface area contributed by atoms with Gasteiger partial charge in [0, 0.05) is 7.05 Å². The van der Waals surface area contributed by atoms with Gasteiger partial charge >= 0.3 is 0 Å². The van der Waals surface area contributed by atoms with E-state index in [1.165, 1.54) is 0 Å². The highest BCUT2D eigenvalue weighted by atomic mass is 16.3. The Hall–Kier alpha value is -1.39. The average Bonchev–Trinajstić information content (AvgIpc) is 2.36. The van der Waals surface area contributed by atoms with Crippen LogP contribution >= 0.6 is 0 Å². The molecule has 0 spiro atoms. The summed E-state index contributed by atoms with van der Waals surface area (Å²) in [7, 11) is 3.64. The van der Waals surface area contributed by atoms with E-state index >= 15 is 0 Å². The van der Waals surface area contributed by atoms with Crippen LogP contribution in [-0.2, 0) is 4.79 Å². The standard InChI is InChI=1S/C13H18N2O2/c1-9-14(2)11(10-7-5-4-6-8-10)12(16)13(17)15(9)3/h4-9,11-12,16H,1-3H3/t9-,11-,12-/m1/s1. The molecule has 0 radical (unpaired) electrons. The fourth-order valence-electron chi connectivity index (χ4n) is 2.32. The normalized spacial score (nSPS) is 30.7. The van der Waals surface area contributed by atoms with Crippen LogP contribution in [0.3, 0.4) is 0 Å². The van der Waals surface area contributed by atoms with Crippen molar-refractivity contribution in [2.75, 3.05) is 14.1 Å². The van der Waals surface area contributed by atoms with Gasteiger partial charge in [0.1, 0.15) is 0 Å². The third-order valence-corrected chi connectivity index (χ3v) is 3.63. The summed E-state index contributed by atoms with van der Waals surface area (Å²) in [4.78, 5) is 15.5. The van der Waals surface area contributed by atoms with E-state index in [1.54, 1.807) is 11.9 Å². The van der Waals surface area contributed by atoms with Crippen molar-refractivity contribution in [3.8, 4) is 0 Å². The summed E-state index contributed by atoms with van der Waals surface area (Å²) >= 11 is 0. The minimum Gasteiger partial charge on any atom is -0.381 e. The second-order valence-electron chi connectivity index (χ2n) is 4.55. The number of hydrogen-bond acceptors (Lipinski definition) is 3. The van der Waals surface area contributed by atoms with Gasteiger partial charge < -0.3 is 10.0 Å². The third kappa shape index (κ3) is 1.94. The zero-order chi connectivity index (χ0) is 12.6. The van der Waals surface area contributed by atoms with Crippen molar-refractivity contribution in [2.45, 2.75) is 25.2 Å². The van der Waals surface area contributed by atoms with Crippen LogP contribution in [0.4, 0.5) is 0 Å². The lowest BCUT2D eigenvalue weighted by molar-refractivity contribution is -0.160. The van der Waals surface area contributed by atoms with Gasteiger partial charge in [-0.3, -0.25) is 9.69 Å². The molecule has 0 aromatic heterocycles. The zero-order valence-corrected chi connectivity index (χ0v) is 10.4. The molecule has 3 atom stereocenters. The van der Waals surface area contributed by atoms with Gasteiger partial charge in [0.2, 0.25) is 0 Å². The molecular formula is C13H18N2O2. The van der Waals surface area contributed by atoms with E-state index in [-0.39, 0.29) is 18.1 Å². The fraction of sp³-hybridized carbons (Fsp3) is 0.462. The lowest BCUT2D eigenvalue weighted by Gasteiger charge is -2.45. The summed E-state index contributed by atoms with van der Waals surface area (Å²) in [6.07, 6.45) is -1.01. The maximum absolute atomic E-state index is 11.9. The topological polar surface area (TPSA) is 43.8 Å². The molecule has 0 aliphatic carbocycles. The molecule has 0 saturated carbocycles. The van der Waals surface area contributed by atoms with E-state index in [1.807, 2.05) is 49.2 Å². The summed E-state index contributed by atoms with van der Waals surface area (Å²) in [5, 5.41) is 10.1. The van der Waals surface area contributed by atoms with Crippen LogP contribution in [0.25, 0.3) is 0 Å². The van der Waals surface area contributed by atoms with Gasteiger partial charge in [-0.2, -0.15) is 0 Å². The monoisotopic (exact) mass is 234 g/mol. The molecule has 1 saturated heterocycles. The predicted octanol–water partition coefficient (Wildman–Crippen LogP) is 0.838. The number of aliphatic hydroxyl groups excluding tert-OH is 1. The van der Waals surface area contributed by atoms with Crippen LogP contribution in [0.1, 0.15) is 18.5 Å². The number of nitrogens with zero attached hydrogens (tertiary/aromatic N) is 2. The lowest BCUT2D eigenvalue weighted by atomic mass is 9.96. The first kappa shape index (κ1) is 12.1. The first-order valence-corrected chi connectivity index (χ1v) is 5.75. The van der Waals surface area contributed by atoms with Gasteiger partial charge in [-0.15, -0.1) is 0 Å². The molecule has 0 bridgehead atoms. The summed E-state index contributed by atoms with van der Waals surface area (Å²) in [5.74, 6) is -0.218. The Morgan fingerprint density at radius 1 is 1.18 bits per heavy atom. The minimum atomic E-state index is -0.997. The Kier molecular flexibility index (Phi) is 3.17. The van der Waals surface area contributed by atoms with Gasteiger partial charge in [0.15, 0.2) is 6.10 Å². The fourth-order valence-corrected chi connectivity index (χ4v) is 2.32. The van der Waals surface area contributed by atoms with Crippen molar-refractivity contribution in [1.82, 2.24) is 9.80 Å². The van der Waals surface area contributed by atoms with Crippen LogP contribution in [0.2, 0.25) is 0 Å². The Labute approximate surface area is 101 Å². The highest BCUT2D eigenvalue weighted by molar-refractivity contribution is 5.82. The molecule has 4 nitrogen and oxygen atoms in total. The van der Waals surface area contributed by atoms with Crippen molar-refractivity contribution in [3.05, 3.63) is 35.9 Å². The van der Waals surface area contributed by atoms with Crippen LogP contribution in [0.15, 0.2) is 30.3 Å². The summed E-state index contributed by atoms with van der Waals surface area (Å²) in [6, 6.07) is 9.38. The van der Waals surface area contributed by atoms with Crippen molar-refractivity contribution in [1.29, 1.82) is 0 Å². The molecule has 1 aliphatic rings. The molecule has 1 aliphatic heterocycles. The molecule has 0 unspecified atom stereocenters. The van der Waals surface area contributed by atoms with Crippen LogP contribution in [-0.4, -0.2) is 47.2 Å². The Balaban J connectivity index is 2.36. The molecule has 1 heterocycles. The van der Waals surface area contributed by atoms with Gasteiger partial charge in [-0.05, 0) is 19.5 Å². The van der Waals surface area contributed by atoms with Gasteiger partial charge in [-0.25, -0.2) is 0 Å². The number of carbonyl (C=O) groups excluding carboxylic acids is 1. The molecule has 2 rings (SSSR count). The van der Waals surface area contributed by atoms with E-state index in [2.05, 4.69) is 0 Å². The molecule has 1 aromatic rings. The number of rotatable bonds is 1. The number of aliphatic hydroxyl groups is 1. The van der Waals surface area contributed by atoms with Crippen LogP contribution < -0.4 is 0 Å². The molecule has 1 aromatic carbocycles. The van der Waals surface area contributed by atoms with Crippen molar-refractivity contribution >= 4 is 5.91 Å². The summed E-state index contributed by atoms with van der Waals surface area (Å²) in [6.45, 7) is 1.96. The van der Waals surface area contributed by atoms with E-state index in [4.69, 9.17) is 0 Å². The maximum Gasteiger partial charge on any atom is 0.254 e. The Bertz CT molecular complexity index is 407. The predicted molar refractivity (Wildman–Crippen MR) is 65.2 cm³/mol. The van der Waals surface area contributed by atoms with Gasteiger partial charge in [0.25, 0.3) is 5.91 Å². The molecule has 17 heavy (non-hydrogen) atoms. The quantitative estimate of drug-likeness (QED) is 0.783. The van der Waals surface area contributed by atoms with Crippen molar-refractivity contribution < 1.29 is 9.90 Å². The molecule has 1 fully saturated rings. The zero-order valence-electron chi connectivity index (χ0n) is 10.4. The highest BCUT2D eigenvalue weighted by Crippen LogP contribution is 2.30. The molecule has 1 N–H and O–H groups in total. The summed E-state index contributed by atoms with van der Waals surface area (Å²) < 4.78 is 0. The molecule has 4 heteroatoms. The number of hydrogen-bond donors (Lipinski definition) is 1. The van der Waals surface area contributed by atoms with E-state index in [0.29, 0.717) is 0 Å². The molecule has 1 amide bonds. The lowest BCUT2D eigenvalue weighted by Crippen LogP contribution is -2.59. The van der Waals surface area contributed by atoms with E-state index < -0.39 is 6.10 Å². The summed E-state index contributed by atoms with van der Waals surface area (Å²) in [5.41, 5.74) is 0.968. The van der Waals surface area contributed by atoms with Crippen molar-refractivity contribution in [2.24, 2.45) is 0 Å². The second-order valence-corrected chi connectivity index (χ2v) is 4.55. The Morgan fingerprint density at radius 3 is 2.35 bits per heavy atom. The number of benzene rings is 1. The number of likely N-dealkylation sites (N-methyl/N-ethyl adjacent to an activating group) is 2. The first-order valence-electron chi connectivity index (χ1n) is 5.75. The second kappa shape index (κ2) is 4.47. The van der Waals surface area contributed by atoms with Gasteiger partial charge in [0.05, 0.1) is 12.2 Å². The highest BCUT2D eigenvalue weighted by Gasteiger charge is 2.41.